The summed E-state index contributed by atoms with van der Waals surface area (Å²) in [5.41, 5.74) is 5.72. The molecule has 7 nitrogen and oxygen atoms in total. The van der Waals surface area contributed by atoms with Gasteiger partial charge in [0.05, 0.1) is 19.8 Å². The SMILES string of the molecule is COc1ccc(OC)c(C(=O)N2CCNCC2C(N)=O)c1. The smallest absolute Gasteiger partial charge is 0.258 e. The number of carbonyl (C=O) groups is 2. The van der Waals surface area contributed by atoms with Gasteiger partial charge < -0.3 is 25.4 Å². The normalized spacial score (nSPS) is 18.2. The third kappa shape index (κ3) is 3.08. The summed E-state index contributed by atoms with van der Waals surface area (Å²) >= 11 is 0. The zero-order chi connectivity index (χ0) is 15.4. The van der Waals surface area contributed by atoms with Gasteiger partial charge in [-0.3, -0.25) is 9.59 Å². The summed E-state index contributed by atoms with van der Waals surface area (Å²) in [6, 6.07) is 4.30. The van der Waals surface area contributed by atoms with Gasteiger partial charge in [-0.15, -0.1) is 0 Å². The van der Waals surface area contributed by atoms with E-state index in [1.807, 2.05) is 0 Å². The van der Waals surface area contributed by atoms with Crippen molar-refractivity contribution in [2.75, 3.05) is 33.9 Å². The molecule has 0 spiro atoms. The fourth-order valence-electron chi connectivity index (χ4n) is 2.34. The van der Waals surface area contributed by atoms with Gasteiger partial charge in [0.2, 0.25) is 5.91 Å². The molecule has 1 aliphatic heterocycles. The Bertz CT molecular complexity index is 547. The van der Waals surface area contributed by atoms with Crippen LogP contribution in [0, 0.1) is 0 Å². The molecule has 1 fully saturated rings. The first-order valence-electron chi connectivity index (χ1n) is 6.61. The number of primary amides is 1. The van der Waals surface area contributed by atoms with Gasteiger partial charge in [0.1, 0.15) is 17.5 Å². The van der Waals surface area contributed by atoms with E-state index in [4.69, 9.17) is 15.2 Å². The van der Waals surface area contributed by atoms with E-state index in [1.54, 1.807) is 18.2 Å². The van der Waals surface area contributed by atoms with Crippen molar-refractivity contribution >= 4 is 11.8 Å². The minimum absolute atomic E-state index is 0.295. The Morgan fingerprint density at radius 2 is 2.10 bits per heavy atom. The van der Waals surface area contributed by atoms with Crippen molar-refractivity contribution in [3.8, 4) is 11.5 Å². The van der Waals surface area contributed by atoms with Crippen LogP contribution in [0.1, 0.15) is 10.4 Å². The Labute approximate surface area is 123 Å². The highest BCUT2D eigenvalue weighted by molar-refractivity contribution is 6.00. The molecule has 1 aromatic carbocycles. The number of benzene rings is 1. The molecule has 1 aromatic rings. The monoisotopic (exact) mass is 293 g/mol. The van der Waals surface area contributed by atoms with E-state index in [2.05, 4.69) is 5.32 Å². The van der Waals surface area contributed by atoms with Gasteiger partial charge in [-0.2, -0.15) is 0 Å². The van der Waals surface area contributed by atoms with Crippen molar-refractivity contribution in [1.29, 1.82) is 0 Å². The van der Waals surface area contributed by atoms with E-state index in [0.717, 1.165) is 0 Å². The highest BCUT2D eigenvalue weighted by Gasteiger charge is 2.32. The van der Waals surface area contributed by atoms with Crippen molar-refractivity contribution < 1.29 is 19.1 Å². The van der Waals surface area contributed by atoms with Crippen molar-refractivity contribution in [3.05, 3.63) is 23.8 Å². The zero-order valence-electron chi connectivity index (χ0n) is 12.1. The van der Waals surface area contributed by atoms with Gasteiger partial charge in [-0.25, -0.2) is 0 Å². The van der Waals surface area contributed by atoms with E-state index < -0.39 is 11.9 Å². The number of hydrogen-bond donors (Lipinski definition) is 2. The molecular weight excluding hydrogens is 274 g/mol. The first-order chi connectivity index (χ1) is 10.1. The lowest BCUT2D eigenvalue weighted by molar-refractivity contribution is -0.122. The van der Waals surface area contributed by atoms with Gasteiger partial charge in [0.15, 0.2) is 0 Å². The maximum absolute atomic E-state index is 12.7. The average molecular weight is 293 g/mol. The second-order valence-electron chi connectivity index (χ2n) is 4.69. The molecule has 1 unspecified atom stereocenters. The molecule has 1 saturated heterocycles. The molecule has 1 atom stereocenters. The standard InChI is InChI=1S/C14H19N3O4/c1-20-9-3-4-12(21-2)10(7-9)14(19)17-6-5-16-8-11(17)13(15)18/h3-4,7,11,16H,5-6,8H2,1-2H3,(H2,15,18). The second-order valence-corrected chi connectivity index (χ2v) is 4.69. The Hall–Kier alpha value is -2.28. The predicted molar refractivity (Wildman–Crippen MR) is 76.4 cm³/mol. The molecule has 3 N–H and O–H groups in total. The first-order valence-corrected chi connectivity index (χ1v) is 6.61. The molecule has 7 heteroatoms. The highest BCUT2D eigenvalue weighted by atomic mass is 16.5. The number of methoxy groups -OCH3 is 2. The summed E-state index contributed by atoms with van der Waals surface area (Å²) in [4.78, 5) is 25.7. The lowest BCUT2D eigenvalue weighted by Crippen LogP contribution is -2.58. The summed E-state index contributed by atoms with van der Waals surface area (Å²) in [6.45, 7) is 1.38. The van der Waals surface area contributed by atoms with Gasteiger partial charge >= 0.3 is 0 Å². The molecule has 1 aliphatic rings. The average Bonchev–Trinajstić information content (AvgIpc) is 2.53. The van der Waals surface area contributed by atoms with Crippen LogP contribution in [0.5, 0.6) is 11.5 Å². The minimum atomic E-state index is -0.665. The summed E-state index contributed by atoms with van der Waals surface area (Å²) in [7, 11) is 3.01. The maximum atomic E-state index is 12.7. The molecule has 0 radical (unpaired) electrons. The van der Waals surface area contributed by atoms with Crippen LogP contribution in [-0.4, -0.2) is 56.6 Å². The lowest BCUT2D eigenvalue weighted by Gasteiger charge is -2.34. The largest absolute Gasteiger partial charge is 0.497 e. The van der Waals surface area contributed by atoms with Crippen LogP contribution in [-0.2, 0) is 4.79 Å². The lowest BCUT2D eigenvalue weighted by atomic mass is 10.1. The van der Waals surface area contributed by atoms with Crippen LogP contribution in [0.15, 0.2) is 18.2 Å². The summed E-state index contributed by atoms with van der Waals surface area (Å²) in [5.74, 6) is 0.154. The second kappa shape index (κ2) is 6.45. The van der Waals surface area contributed by atoms with Gasteiger partial charge in [-0.1, -0.05) is 0 Å². The van der Waals surface area contributed by atoms with Crippen LogP contribution in [0.2, 0.25) is 0 Å². The molecule has 0 aromatic heterocycles. The molecule has 21 heavy (non-hydrogen) atoms. The third-order valence-electron chi connectivity index (χ3n) is 3.47. The number of rotatable bonds is 4. The molecule has 2 amide bonds. The number of ether oxygens (including phenoxy) is 2. The van der Waals surface area contributed by atoms with E-state index in [9.17, 15) is 9.59 Å². The van der Waals surface area contributed by atoms with E-state index in [0.29, 0.717) is 36.7 Å². The number of nitrogens with one attached hydrogen (secondary N) is 1. The molecule has 114 valence electrons. The summed E-state index contributed by atoms with van der Waals surface area (Å²) in [5, 5.41) is 3.05. The molecule has 0 aliphatic carbocycles. The topological polar surface area (TPSA) is 93.9 Å². The van der Waals surface area contributed by atoms with Crippen LogP contribution in [0.25, 0.3) is 0 Å². The van der Waals surface area contributed by atoms with Crippen molar-refractivity contribution in [2.45, 2.75) is 6.04 Å². The van der Waals surface area contributed by atoms with Gasteiger partial charge in [-0.05, 0) is 18.2 Å². The quantitative estimate of drug-likeness (QED) is 0.788. The van der Waals surface area contributed by atoms with Gasteiger partial charge in [0, 0.05) is 19.6 Å². The van der Waals surface area contributed by atoms with Crippen molar-refractivity contribution in [1.82, 2.24) is 10.2 Å². The van der Waals surface area contributed by atoms with E-state index >= 15 is 0 Å². The zero-order valence-corrected chi connectivity index (χ0v) is 12.1. The Morgan fingerprint density at radius 3 is 2.71 bits per heavy atom. The Kier molecular flexibility index (Phi) is 4.64. The molecule has 0 saturated carbocycles. The van der Waals surface area contributed by atoms with Crippen LogP contribution in [0.4, 0.5) is 0 Å². The number of nitrogens with zero attached hydrogens (tertiary/aromatic N) is 1. The van der Waals surface area contributed by atoms with Crippen LogP contribution < -0.4 is 20.5 Å². The molecule has 2 rings (SSSR count). The van der Waals surface area contributed by atoms with Crippen LogP contribution in [0.3, 0.4) is 0 Å². The molecular formula is C14H19N3O4. The maximum Gasteiger partial charge on any atom is 0.258 e. The number of carbonyl (C=O) groups excluding carboxylic acids is 2. The van der Waals surface area contributed by atoms with E-state index in [1.165, 1.54) is 19.1 Å². The summed E-state index contributed by atoms with van der Waals surface area (Å²) < 4.78 is 10.4. The van der Waals surface area contributed by atoms with E-state index in [-0.39, 0.29) is 5.91 Å². The van der Waals surface area contributed by atoms with Crippen molar-refractivity contribution in [2.24, 2.45) is 5.73 Å². The molecule has 1 heterocycles. The number of nitrogens with two attached hydrogens (primary N) is 1. The van der Waals surface area contributed by atoms with Gasteiger partial charge in [0.25, 0.3) is 5.91 Å². The number of amides is 2. The first kappa shape index (κ1) is 15.1. The minimum Gasteiger partial charge on any atom is -0.497 e. The fourth-order valence-corrected chi connectivity index (χ4v) is 2.34. The van der Waals surface area contributed by atoms with Crippen LogP contribution >= 0.6 is 0 Å². The predicted octanol–water partition coefficient (Wildman–Crippen LogP) is -0.397. The number of hydrogen-bond acceptors (Lipinski definition) is 5. The highest BCUT2D eigenvalue weighted by Crippen LogP contribution is 2.26. The fraction of sp³-hybridized carbons (Fsp3) is 0.429. The Balaban J connectivity index is 2.35. The number of piperazine rings is 1. The summed E-state index contributed by atoms with van der Waals surface area (Å²) in [6.07, 6.45) is 0. The Morgan fingerprint density at radius 1 is 1.33 bits per heavy atom. The third-order valence-corrected chi connectivity index (χ3v) is 3.47. The van der Waals surface area contributed by atoms with Crippen molar-refractivity contribution in [3.63, 3.8) is 0 Å². The molecule has 0 bridgehead atoms.